The van der Waals surface area contributed by atoms with Crippen LogP contribution < -0.4 is 24.7 Å². The molecule has 1 aliphatic heterocycles. The molecule has 3 aromatic rings. The molecule has 0 fully saturated rings. The second kappa shape index (κ2) is 8.51. The molecule has 1 N–H and O–H groups in total. The summed E-state index contributed by atoms with van der Waals surface area (Å²) in [4.78, 5) is 13.9. The van der Waals surface area contributed by atoms with E-state index in [4.69, 9.17) is 18.6 Å². The van der Waals surface area contributed by atoms with Gasteiger partial charge in [0.2, 0.25) is 6.73 Å². The van der Waals surface area contributed by atoms with Gasteiger partial charge in [0, 0.05) is 28.5 Å². The molecule has 6 heteroatoms. The first kappa shape index (κ1) is 20.9. The van der Waals surface area contributed by atoms with Crippen LogP contribution in [0, 0.1) is 6.92 Å². The third-order valence-electron chi connectivity index (χ3n) is 6.85. The molecular formula is C26H30NO5+. The number of fused-ring (bicyclic) bond motifs is 4. The molecule has 0 saturated carbocycles. The van der Waals surface area contributed by atoms with Crippen molar-refractivity contribution in [2.75, 3.05) is 27.5 Å². The third-order valence-corrected chi connectivity index (χ3v) is 6.85. The quantitative estimate of drug-likeness (QED) is 0.623. The van der Waals surface area contributed by atoms with E-state index in [-0.39, 0.29) is 5.63 Å². The van der Waals surface area contributed by atoms with E-state index < -0.39 is 0 Å². The largest absolute Gasteiger partial charge is 0.493 e. The number of benzene rings is 2. The number of quaternary nitrogens is 1. The Morgan fingerprint density at radius 3 is 2.59 bits per heavy atom. The second-order valence-corrected chi connectivity index (χ2v) is 8.83. The lowest BCUT2D eigenvalue weighted by molar-refractivity contribution is -0.932. The molecule has 2 aromatic carbocycles. The van der Waals surface area contributed by atoms with Crippen LogP contribution in [0.1, 0.15) is 40.7 Å². The van der Waals surface area contributed by atoms with Crippen molar-refractivity contribution in [3.63, 3.8) is 0 Å². The summed E-state index contributed by atoms with van der Waals surface area (Å²) in [5, 5.41) is 1.10. The van der Waals surface area contributed by atoms with Crippen molar-refractivity contribution in [3.05, 3.63) is 62.5 Å². The molecule has 1 unspecified atom stereocenters. The van der Waals surface area contributed by atoms with E-state index in [9.17, 15) is 4.79 Å². The van der Waals surface area contributed by atoms with Crippen molar-refractivity contribution in [3.8, 4) is 17.2 Å². The maximum absolute atomic E-state index is 12.5. The van der Waals surface area contributed by atoms with Crippen LogP contribution in [-0.4, -0.2) is 27.5 Å². The lowest BCUT2D eigenvalue weighted by Gasteiger charge is -2.28. The number of aryl methyl sites for hydroxylation is 2. The number of methoxy groups -OCH3 is 2. The van der Waals surface area contributed by atoms with Crippen LogP contribution in [0.15, 0.2) is 33.5 Å². The zero-order valence-corrected chi connectivity index (χ0v) is 19.0. The predicted octanol–water partition coefficient (Wildman–Crippen LogP) is 2.97. The van der Waals surface area contributed by atoms with Crippen LogP contribution >= 0.6 is 0 Å². The van der Waals surface area contributed by atoms with Crippen molar-refractivity contribution in [1.82, 2.24) is 0 Å². The summed E-state index contributed by atoms with van der Waals surface area (Å²) in [6.07, 6.45) is 4.88. The zero-order valence-electron chi connectivity index (χ0n) is 19.0. The Bertz CT molecular complexity index is 1230. The Labute approximate surface area is 187 Å². The van der Waals surface area contributed by atoms with E-state index in [1.54, 1.807) is 14.2 Å². The maximum atomic E-state index is 12.5. The maximum Gasteiger partial charge on any atom is 0.339 e. The van der Waals surface area contributed by atoms with Crippen LogP contribution in [-0.2, 0) is 25.8 Å². The minimum atomic E-state index is -0.173. The van der Waals surface area contributed by atoms with E-state index in [2.05, 4.69) is 12.1 Å². The van der Waals surface area contributed by atoms with Gasteiger partial charge in [0.25, 0.3) is 0 Å². The van der Waals surface area contributed by atoms with Crippen molar-refractivity contribution >= 4 is 11.0 Å². The average molecular weight is 437 g/mol. The first-order valence-electron chi connectivity index (χ1n) is 11.4. The molecule has 0 amide bonds. The van der Waals surface area contributed by atoms with Gasteiger partial charge in [-0.1, -0.05) is 6.07 Å². The molecule has 2 heterocycles. The molecule has 1 atom stereocenters. The minimum absolute atomic E-state index is 0.173. The van der Waals surface area contributed by atoms with E-state index in [0.717, 1.165) is 79.0 Å². The van der Waals surface area contributed by atoms with Crippen LogP contribution in [0.3, 0.4) is 0 Å². The van der Waals surface area contributed by atoms with E-state index in [1.165, 1.54) is 21.6 Å². The summed E-state index contributed by atoms with van der Waals surface area (Å²) in [5.41, 5.74) is 5.94. The molecule has 1 aromatic heterocycles. The van der Waals surface area contributed by atoms with Gasteiger partial charge in [-0.05, 0) is 61.9 Å². The normalized spacial score (nSPS) is 17.4. The predicted molar refractivity (Wildman–Crippen MR) is 122 cm³/mol. The van der Waals surface area contributed by atoms with Gasteiger partial charge in [0.05, 0.1) is 20.8 Å². The molecule has 2 aliphatic rings. The van der Waals surface area contributed by atoms with Gasteiger partial charge in [-0.15, -0.1) is 0 Å². The molecule has 0 spiro atoms. The Kier molecular flexibility index (Phi) is 5.55. The summed E-state index contributed by atoms with van der Waals surface area (Å²) >= 11 is 0. The van der Waals surface area contributed by atoms with Crippen molar-refractivity contribution < 1.29 is 23.5 Å². The first-order chi connectivity index (χ1) is 15.6. The van der Waals surface area contributed by atoms with Gasteiger partial charge in [0.1, 0.15) is 17.9 Å². The van der Waals surface area contributed by atoms with E-state index in [0.29, 0.717) is 12.3 Å². The molecule has 1 aliphatic carbocycles. The summed E-state index contributed by atoms with van der Waals surface area (Å²) < 4.78 is 22.7. The molecule has 168 valence electrons. The Morgan fingerprint density at radius 2 is 1.81 bits per heavy atom. The molecule has 6 nitrogen and oxygen atoms in total. The van der Waals surface area contributed by atoms with E-state index in [1.807, 2.05) is 19.1 Å². The fraction of sp³-hybridized carbons (Fsp3) is 0.423. The topological polar surface area (TPSA) is 62.3 Å². The molecule has 32 heavy (non-hydrogen) atoms. The standard InChI is InChI=1S/C26H29NO5/c1-16-24-18(13-21-19-6-4-5-7-20(19)26(28)32-25(16)21)14-27(15-31-24)11-10-17-8-9-22(29-2)23(12-17)30-3/h8-9,12-13H,4-7,10-11,14-15H2,1-3H3/p+1. The fourth-order valence-electron chi connectivity index (χ4n) is 5.13. The molecule has 0 bridgehead atoms. The molecule has 0 saturated heterocycles. The van der Waals surface area contributed by atoms with Crippen molar-refractivity contribution in [1.29, 1.82) is 0 Å². The molecular weight excluding hydrogens is 406 g/mol. The Morgan fingerprint density at radius 1 is 1.03 bits per heavy atom. The molecule has 5 rings (SSSR count). The SMILES string of the molecule is COc1ccc(CC[NH+]2COc3c(cc4c5c(c(=O)oc4c3C)CCCC5)C2)cc1OC. The summed E-state index contributed by atoms with van der Waals surface area (Å²) in [6, 6.07) is 8.30. The van der Waals surface area contributed by atoms with Crippen LogP contribution in [0.4, 0.5) is 0 Å². The van der Waals surface area contributed by atoms with Gasteiger partial charge in [-0.2, -0.15) is 0 Å². The number of hydrogen-bond acceptors (Lipinski definition) is 5. The number of ether oxygens (including phenoxy) is 3. The Hall–Kier alpha value is -2.99. The fourth-order valence-corrected chi connectivity index (χ4v) is 5.13. The smallest absolute Gasteiger partial charge is 0.339 e. The minimum Gasteiger partial charge on any atom is -0.493 e. The lowest BCUT2D eigenvalue weighted by Crippen LogP contribution is -3.12. The van der Waals surface area contributed by atoms with Crippen LogP contribution in [0.25, 0.3) is 11.0 Å². The highest BCUT2D eigenvalue weighted by atomic mass is 16.5. The van der Waals surface area contributed by atoms with Crippen LogP contribution in [0.5, 0.6) is 17.2 Å². The highest BCUT2D eigenvalue weighted by Gasteiger charge is 2.27. The highest BCUT2D eigenvalue weighted by molar-refractivity contribution is 5.87. The van der Waals surface area contributed by atoms with E-state index >= 15 is 0 Å². The molecule has 0 radical (unpaired) electrons. The van der Waals surface area contributed by atoms with Gasteiger partial charge in [0.15, 0.2) is 11.5 Å². The van der Waals surface area contributed by atoms with Crippen molar-refractivity contribution in [2.24, 2.45) is 0 Å². The Balaban J connectivity index is 1.40. The average Bonchev–Trinajstić information content (AvgIpc) is 2.83. The zero-order chi connectivity index (χ0) is 22.2. The van der Waals surface area contributed by atoms with Gasteiger partial charge in [-0.3, -0.25) is 4.90 Å². The van der Waals surface area contributed by atoms with Crippen LogP contribution in [0.2, 0.25) is 0 Å². The highest BCUT2D eigenvalue weighted by Crippen LogP contribution is 2.36. The summed E-state index contributed by atoms with van der Waals surface area (Å²) in [5.74, 6) is 2.39. The lowest BCUT2D eigenvalue weighted by atomic mass is 9.89. The first-order valence-corrected chi connectivity index (χ1v) is 11.4. The summed E-state index contributed by atoms with van der Waals surface area (Å²) in [7, 11) is 3.31. The number of nitrogens with one attached hydrogen (secondary N) is 1. The second-order valence-electron chi connectivity index (χ2n) is 8.83. The monoisotopic (exact) mass is 436 g/mol. The third kappa shape index (κ3) is 3.62. The number of hydrogen-bond donors (Lipinski definition) is 1. The van der Waals surface area contributed by atoms with Gasteiger partial charge >= 0.3 is 5.63 Å². The summed E-state index contributed by atoms with van der Waals surface area (Å²) in [6.45, 7) is 4.46. The van der Waals surface area contributed by atoms with Gasteiger partial charge in [-0.25, -0.2) is 4.79 Å². The number of rotatable bonds is 5. The van der Waals surface area contributed by atoms with Gasteiger partial charge < -0.3 is 18.6 Å². The van der Waals surface area contributed by atoms with Crippen molar-refractivity contribution in [2.45, 2.75) is 45.6 Å².